The largest absolute Gasteiger partial charge is 1.00 e. The van der Waals surface area contributed by atoms with Crippen LogP contribution < -0.4 is 127 Å². The molecule has 0 bridgehead atoms. The number of hydrogen-bond donors (Lipinski definition) is 1. The van der Waals surface area contributed by atoms with Crippen LogP contribution in [0, 0.1) is 11.8 Å². The molecule has 2 unspecified atom stereocenters. The molecule has 6 nitrogen and oxygen atoms in total. The summed E-state index contributed by atoms with van der Waals surface area (Å²) in [4.78, 5) is 28.7. The van der Waals surface area contributed by atoms with E-state index in [4.69, 9.17) is 44.5 Å². The van der Waals surface area contributed by atoms with Crippen molar-refractivity contribution in [3.8, 4) is 0 Å². The molecule has 0 radical (unpaired) electrons. The van der Waals surface area contributed by atoms with Gasteiger partial charge >= 0.3 is 153 Å². The molecule has 0 spiro atoms. The summed E-state index contributed by atoms with van der Waals surface area (Å²) in [7, 11) is 0. The Morgan fingerprint density at radius 3 is 1.52 bits per heavy atom. The van der Waals surface area contributed by atoms with Crippen molar-refractivity contribution < 1.29 is 132 Å². The molecular weight excluding hydrogens is 1450 g/mol. The second kappa shape index (κ2) is 37.8. The van der Waals surface area contributed by atoms with E-state index >= 15 is 0 Å². The topological polar surface area (TPSA) is 86.1 Å². The van der Waals surface area contributed by atoms with Gasteiger partial charge in [-0.2, -0.15) is 0 Å². The third-order valence-corrected chi connectivity index (χ3v) is 17.2. The summed E-state index contributed by atoms with van der Waals surface area (Å²) in [5.41, 5.74) is 9.54. The first kappa shape index (κ1) is 66.3. The monoisotopic (exact) mass is 1500 g/mol. The van der Waals surface area contributed by atoms with Gasteiger partial charge in [0.05, 0.1) is 31.7 Å². The van der Waals surface area contributed by atoms with E-state index in [1.165, 1.54) is 97.7 Å². The summed E-state index contributed by atoms with van der Waals surface area (Å²) in [6.45, 7) is 9.08. The van der Waals surface area contributed by atoms with Crippen molar-refractivity contribution >= 4 is 196 Å². The van der Waals surface area contributed by atoms with Crippen LogP contribution in [0.5, 0.6) is 0 Å². The number of aliphatic imine (C=N–C) groups is 2. The molecule has 0 aromatic carbocycles. The van der Waals surface area contributed by atoms with Gasteiger partial charge in [-0.3, -0.25) is 4.79 Å². The van der Waals surface area contributed by atoms with Gasteiger partial charge in [0.15, 0.2) is 0 Å². The predicted octanol–water partition coefficient (Wildman–Crippen LogP) is 7.68. The Hall–Kier alpha value is 3.15. The number of hydrogen-bond acceptors (Lipinski definition) is 13. The van der Waals surface area contributed by atoms with Crippen LogP contribution in [0.1, 0.15) is 106 Å². The maximum atomic E-state index is 8.64. The number of nitrogens with one attached hydrogen (secondary N) is 1. The Kier molecular flexibility index (Phi) is 37.4. The van der Waals surface area contributed by atoms with E-state index in [1.807, 2.05) is 29.4 Å². The van der Waals surface area contributed by atoms with Crippen LogP contribution in [-0.4, -0.2) is 43.8 Å². The van der Waals surface area contributed by atoms with Crippen molar-refractivity contribution in [3.63, 3.8) is 0 Å². The second-order valence-corrected chi connectivity index (χ2v) is 37.5. The maximum absolute atomic E-state index is 8.64. The molecule has 2 atom stereocenters. The normalized spacial score (nSPS) is 15.2. The summed E-state index contributed by atoms with van der Waals surface area (Å²) in [6, 6.07) is 17.1. The van der Waals surface area contributed by atoms with Crippen LogP contribution in [0.15, 0.2) is 102 Å². The molecule has 4 aromatic heterocycles. The fourth-order valence-electron chi connectivity index (χ4n) is 7.31. The third kappa shape index (κ3) is 19.6. The maximum Gasteiger partial charge on any atom is 1.00 e. The Labute approximate surface area is 558 Å². The zero-order chi connectivity index (χ0) is 47.1. The van der Waals surface area contributed by atoms with Crippen molar-refractivity contribution in [2.45, 2.75) is 85.5 Å². The fraction of sp³-hybridized carbons (Fsp3) is 0.383. The molecule has 0 fully saturated rings. The van der Waals surface area contributed by atoms with Gasteiger partial charge in [-0.25, -0.2) is 9.98 Å². The molecule has 7 heterocycles. The van der Waals surface area contributed by atoms with E-state index in [0.29, 0.717) is 13.3 Å². The number of halogens is 4. The molecule has 0 saturated carbocycles. The number of unbranched alkanes of at least 4 members (excludes halogenated alkanes) is 2. The minimum Gasteiger partial charge on any atom is -1.00 e. The van der Waals surface area contributed by atoms with Gasteiger partial charge in [-0.1, -0.05) is 131 Å². The Morgan fingerprint density at radius 1 is 0.761 bits per heavy atom. The average molecular weight is 1500 g/mol. The molecule has 1 aliphatic carbocycles. The van der Waals surface area contributed by atoms with Gasteiger partial charge in [-0.05, 0) is 81.9 Å². The van der Waals surface area contributed by atoms with Crippen molar-refractivity contribution in [3.05, 3.63) is 112 Å². The Balaban J connectivity index is 0.000000609. The summed E-state index contributed by atoms with van der Waals surface area (Å²) in [5.74, 6) is 5.58. The first-order valence-corrected chi connectivity index (χ1v) is 41.6. The number of rotatable bonds is 17. The number of carbonyl (C=O) groups is 1. The van der Waals surface area contributed by atoms with Crippen LogP contribution in [-0.2, 0) is 9.68 Å². The zero-order valence-corrected chi connectivity index (χ0v) is 59.7. The Morgan fingerprint density at radius 2 is 1.16 bits per heavy atom. The van der Waals surface area contributed by atoms with Crippen molar-refractivity contribution in [2.75, 3.05) is 17.3 Å². The third-order valence-electron chi connectivity index (χ3n) is 10.6. The predicted molar refractivity (Wildman–Crippen MR) is 315 cm³/mol. The molecule has 0 amide bonds. The van der Waals surface area contributed by atoms with E-state index in [2.05, 4.69) is 161 Å². The number of carbonyl (C=O) groups excluding carboxylic acids is 1. The molecule has 3 aliphatic heterocycles. The SMILES string of the molecule is CBr.CCCCC(CC)CSC1=NC(c2cccs2)=C2C(SCC(CC)CCCC)=NC(c3cccs3)=C12.I[I-]I.O=CO[O-].S=C1CC(c2cccs2)=C2C(=S)NC(c3cccs3)=C12.[H-].[K+].[K+]. The smallest absolute Gasteiger partial charge is 1.00 e. The minimum atomic E-state index is -0.181. The van der Waals surface area contributed by atoms with Crippen molar-refractivity contribution in [1.29, 1.82) is 0 Å². The second-order valence-electron chi connectivity index (χ2n) is 14.5. The summed E-state index contributed by atoms with van der Waals surface area (Å²) >= 11 is 30.4. The zero-order valence-electron chi connectivity index (χ0n) is 39.8. The van der Waals surface area contributed by atoms with Gasteiger partial charge in [0.25, 0.3) is 6.47 Å². The quantitative estimate of drug-likeness (QED) is 0.0220. The van der Waals surface area contributed by atoms with E-state index in [-0.39, 0.29) is 111 Å². The Bertz CT molecular complexity index is 2170. The van der Waals surface area contributed by atoms with Crippen LogP contribution in [0.25, 0.3) is 22.7 Å². The van der Waals surface area contributed by atoms with E-state index < -0.39 is 0 Å². The number of thiophene rings is 4. The standard InChI is InChI=1S/C30H40N2S4.C15H9NS4.CH3Br.CH2O3.I3.2K.H/c1-5-9-13-21(7-3)19-35-29-25-26(28(31-29)24-16-12-18-34-24)30(32-27(25)23-15-11-17-33-23)36-20-22(8-4)14-10-6-2;17-9-7-8(10-3-1-5-19-10)12-13(9)14(16-15(12)18)11-4-2-6-20-11;1-2;2-1-4-3;1-3-2;;;/h11-12,15-18,21-22H,5-10,13-14,19-20H2,1-4H3;1-6H,7H2,(H,16,18);1H3;1,3H;;;;/q;;;;-1;2*+1;-1/p-1. The molecular formula is C47H54BrI3K2N3O3S8-. The molecule has 1 N–H and O–H groups in total. The molecule has 8 rings (SSSR count). The molecule has 4 aliphatic rings. The number of alkyl halides is 1. The minimum absolute atomic E-state index is 0. The first-order valence-electron chi connectivity index (χ1n) is 21.2. The van der Waals surface area contributed by atoms with Crippen LogP contribution in [0.4, 0.5) is 0 Å². The molecule has 0 saturated heterocycles. The average Bonchev–Trinajstić information content (AvgIpc) is 4.18. The van der Waals surface area contributed by atoms with Gasteiger partial charge in [0.1, 0.15) is 15.1 Å². The van der Waals surface area contributed by atoms with Gasteiger partial charge in [-0.15, -0.1) is 68.9 Å². The van der Waals surface area contributed by atoms with E-state index in [1.54, 1.807) is 45.3 Å². The summed E-state index contributed by atoms with van der Waals surface area (Å²) < 4.78 is 0. The van der Waals surface area contributed by atoms with Gasteiger partial charge < -0.3 is 16.9 Å². The van der Waals surface area contributed by atoms with Crippen molar-refractivity contribution in [1.82, 2.24) is 5.32 Å². The van der Waals surface area contributed by atoms with Crippen LogP contribution in [0.3, 0.4) is 0 Å². The van der Waals surface area contributed by atoms with Crippen molar-refractivity contribution in [2.24, 2.45) is 21.8 Å². The van der Waals surface area contributed by atoms with Crippen LogP contribution >= 0.6 is 146 Å². The summed E-state index contributed by atoms with van der Waals surface area (Å²) in [5, 5.41) is 22.7. The molecule has 20 heteroatoms. The number of fused-ring (bicyclic) bond motifs is 2. The van der Waals surface area contributed by atoms with Gasteiger partial charge in [0.2, 0.25) is 0 Å². The first-order chi connectivity index (χ1) is 31.8. The fourth-order valence-corrected chi connectivity index (χ4v) is 13.5. The number of thioether (sulfide) groups is 2. The van der Waals surface area contributed by atoms with E-state index in [9.17, 15) is 0 Å². The summed E-state index contributed by atoms with van der Waals surface area (Å²) in [6.07, 6.45) is 11.1. The van der Waals surface area contributed by atoms with Crippen LogP contribution in [0.2, 0.25) is 0 Å². The van der Waals surface area contributed by atoms with Gasteiger partial charge in [0, 0.05) is 50.0 Å². The molecule has 354 valence electrons. The number of allylic oxidation sites excluding steroid dienone is 1. The number of thiocarbonyl (C=S) groups is 2. The molecule has 4 aromatic rings. The number of nitrogens with zero attached hydrogens (tertiary/aromatic N) is 2. The van der Waals surface area contributed by atoms with E-state index in [0.717, 1.165) is 67.9 Å². The molecule has 67 heavy (non-hydrogen) atoms.